The zero-order valence-electron chi connectivity index (χ0n) is 9.02. The third-order valence-corrected chi connectivity index (χ3v) is 3.63. The van der Waals surface area contributed by atoms with Gasteiger partial charge < -0.3 is 10.4 Å². The molecule has 0 heterocycles. The van der Waals surface area contributed by atoms with Crippen molar-refractivity contribution >= 4 is 27.8 Å². The lowest BCUT2D eigenvalue weighted by Gasteiger charge is -2.06. The van der Waals surface area contributed by atoms with Crippen LogP contribution in [0.15, 0.2) is 28.7 Å². The molecule has 1 aromatic carbocycles. The van der Waals surface area contributed by atoms with Gasteiger partial charge in [0.15, 0.2) is 0 Å². The van der Waals surface area contributed by atoms with Gasteiger partial charge >= 0.3 is 5.97 Å². The van der Waals surface area contributed by atoms with Crippen molar-refractivity contribution in [1.29, 1.82) is 0 Å². The lowest BCUT2D eigenvalue weighted by molar-refractivity contribution is -0.140. The van der Waals surface area contributed by atoms with Crippen LogP contribution in [0.3, 0.4) is 0 Å². The van der Waals surface area contributed by atoms with Gasteiger partial charge in [0, 0.05) is 11.0 Å². The van der Waals surface area contributed by atoms with Crippen molar-refractivity contribution in [2.45, 2.75) is 13.0 Å². The molecule has 1 saturated carbocycles. The number of amides is 1. The molecule has 2 rings (SSSR count). The van der Waals surface area contributed by atoms with Gasteiger partial charge in [-0.2, -0.15) is 0 Å². The summed E-state index contributed by atoms with van der Waals surface area (Å²) in [7, 11) is 0. The molecule has 4 nitrogen and oxygen atoms in total. The topological polar surface area (TPSA) is 66.4 Å². The predicted molar refractivity (Wildman–Crippen MR) is 65.2 cm³/mol. The van der Waals surface area contributed by atoms with Gasteiger partial charge in [-0.3, -0.25) is 9.59 Å². The fraction of sp³-hybridized carbons (Fsp3) is 0.333. The molecule has 1 amide bonds. The monoisotopic (exact) mass is 297 g/mol. The average molecular weight is 298 g/mol. The van der Waals surface area contributed by atoms with Crippen LogP contribution in [0.2, 0.25) is 0 Å². The third kappa shape index (κ3) is 2.85. The summed E-state index contributed by atoms with van der Waals surface area (Å²) in [5.41, 5.74) is 0.980. The molecule has 5 heteroatoms. The van der Waals surface area contributed by atoms with Gasteiger partial charge in [0.25, 0.3) is 0 Å². The number of aliphatic carboxylic acids is 1. The van der Waals surface area contributed by atoms with Crippen LogP contribution in [0.1, 0.15) is 12.0 Å². The van der Waals surface area contributed by atoms with Gasteiger partial charge in [-0.15, -0.1) is 0 Å². The van der Waals surface area contributed by atoms with E-state index in [-0.39, 0.29) is 11.8 Å². The van der Waals surface area contributed by atoms with Crippen LogP contribution >= 0.6 is 15.9 Å². The van der Waals surface area contributed by atoms with E-state index in [1.165, 1.54) is 0 Å². The Morgan fingerprint density at radius 3 is 2.65 bits per heavy atom. The van der Waals surface area contributed by atoms with Crippen LogP contribution in [0.4, 0.5) is 0 Å². The first-order chi connectivity index (χ1) is 8.09. The smallest absolute Gasteiger partial charge is 0.307 e. The highest BCUT2D eigenvalue weighted by Crippen LogP contribution is 2.38. The molecule has 0 aliphatic heterocycles. The molecule has 17 heavy (non-hydrogen) atoms. The molecule has 1 aliphatic rings. The van der Waals surface area contributed by atoms with Crippen molar-refractivity contribution < 1.29 is 14.7 Å². The van der Waals surface area contributed by atoms with E-state index in [9.17, 15) is 9.59 Å². The molecule has 2 N–H and O–H groups in total. The summed E-state index contributed by atoms with van der Waals surface area (Å²) in [6.07, 6.45) is 0.455. The summed E-state index contributed by atoms with van der Waals surface area (Å²) < 4.78 is 0.936. The second-order valence-corrected chi connectivity index (χ2v) is 4.95. The molecular formula is C12H12BrNO3. The normalized spacial score (nSPS) is 21.9. The van der Waals surface area contributed by atoms with Gasteiger partial charge in [-0.1, -0.05) is 34.1 Å². The van der Waals surface area contributed by atoms with Crippen LogP contribution in [0, 0.1) is 11.8 Å². The van der Waals surface area contributed by atoms with E-state index in [0.29, 0.717) is 13.0 Å². The minimum Gasteiger partial charge on any atom is -0.481 e. The van der Waals surface area contributed by atoms with E-state index in [1.54, 1.807) is 0 Å². The lowest BCUT2D eigenvalue weighted by atomic mass is 10.2. The standard InChI is InChI=1S/C12H12BrNO3/c13-10-4-2-1-3-7(10)6-14-11(15)8-5-9(8)12(16)17/h1-4,8-9H,5-6H2,(H,14,15)(H,16,17). The number of carboxylic acids is 1. The number of rotatable bonds is 4. The molecule has 1 aromatic rings. The van der Waals surface area contributed by atoms with Crippen LogP contribution in [0.5, 0.6) is 0 Å². The van der Waals surface area contributed by atoms with Crippen LogP contribution in [-0.2, 0) is 16.1 Å². The number of halogens is 1. The Morgan fingerprint density at radius 1 is 1.35 bits per heavy atom. The molecule has 0 aromatic heterocycles. The van der Waals surface area contributed by atoms with Crippen LogP contribution in [-0.4, -0.2) is 17.0 Å². The van der Waals surface area contributed by atoms with Crippen molar-refractivity contribution in [2.75, 3.05) is 0 Å². The quantitative estimate of drug-likeness (QED) is 0.890. The predicted octanol–water partition coefficient (Wildman–Crippen LogP) is 1.79. The highest BCUT2D eigenvalue weighted by molar-refractivity contribution is 9.10. The summed E-state index contributed by atoms with van der Waals surface area (Å²) >= 11 is 3.39. The summed E-state index contributed by atoms with van der Waals surface area (Å²) in [5, 5.41) is 11.5. The molecule has 1 fully saturated rings. The number of hydrogen-bond donors (Lipinski definition) is 2. The molecule has 0 saturated heterocycles. The van der Waals surface area contributed by atoms with Crippen LogP contribution < -0.4 is 5.32 Å². The molecule has 2 unspecified atom stereocenters. The van der Waals surface area contributed by atoms with E-state index in [4.69, 9.17) is 5.11 Å². The molecule has 0 bridgehead atoms. The Kier molecular flexibility index (Phi) is 3.47. The number of benzene rings is 1. The summed E-state index contributed by atoms with van der Waals surface area (Å²) in [6, 6.07) is 7.60. The fourth-order valence-electron chi connectivity index (χ4n) is 1.71. The van der Waals surface area contributed by atoms with Gasteiger partial charge in [0.05, 0.1) is 11.8 Å². The number of carbonyl (C=O) groups excluding carboxylic acids is 1. The molecule has 1 aliphatic carbocycles. The van der Waals surface area contributed by atoms with Gasteiger partial charge in [-0.05, 0) is 18.1 Å². The lowest BCUT2D eigenvalue weighted by Crippen LogP contribution is -2.26. The highest BCUT2D eigenvalue weighted by Gasteiger charge is 2.48. The Morgan fingerprint density at radius 2 is 2.06 bits per heavy atom. The first-order valence-corrected chi connectivity index (χ1v) is 6.13. The Bertz CT molecular complexity index is 461. The number of hydrogen-bond acceptors (Lipinski definition) is 2. The largest absolute Gasteiger partial charge is 0.481 e. The van der Waals surface area contributed by atoms with E-state index in [2.05, 4.69) is 21.2 Å². The van der Waals surface area contributed by atoms with E-state index in [1.807, 2.05) is 24.3 Å². The zero-order chi connectivity index (χ0) is 12.4. The second kappa shape index (κ2) is 4.87. The van der Waals surface area contributed by atoms with E-state index in [0.717, 1.165) is 10.0 Å². The van der Waals surface area contributed by atoms with Gasteiger partial charge in [-0.25, -0.2) is 0 Å². The molecule has 2 atom stereocenters. The van der Waals surface area contributed by atoms with Crippen LogP contribution in [0.25, 0.3) is 0 Å². The molecule has 0 spiro atoms. The Labute approximate surface area is 107 Å². The maximum atomic E-state index is 11.6. The van der Waals surface area contributed by atoms with Crippen molar-refractivity contribution in [3.63, 3.8) is 0 Å². The summed E-state index contributed by atoms with van der Waals surface area (Å²) in [4.78, 5) is 22.2. The summed E-state index contributed by atoms with van der Waals surface area (Å²) in [6.45, 7) is 0.420. The zero-order valence-corrected chi connectivity index (χ0v) is 10.6. The Hall–Kier alpha value is -1.36. The number of carboxylic acid groups (broad SMARTS) is 1. The molecular weight excluding hydrogens is 286 g/mol. The molecule has 90 valence electrons. The first-order valence-electron chi connectivity index (χ1n) is 5.33. The second-order valence-electron chi connectivity index (χ2n) is 4.10. The summed E-state index contributed by atoms with van der Waals surface area (Å²) in [5.74, 6) is -1.90. The number of carbonyl (C=O) groups is 2. The minimum absolute atomic E-state index is 0.173. The van der Waals surface area contributed by atoms with E-state index < -0.39 is 11.9 Å². The maximum absolute atomic E-state index is 11.6. The fourth-order valence-corrected chi connectivity index (χ4v) is 2.14. The molecule has 0 radical (unpaired) electrons. The van der Waals surface area contributed by atoms with Crippen molar-refractivity contribution in [2.24, 2.45) is 11.8 Å². The maximum Gasteiger partial charge on any atom is 0.307 e. The Balaban J connectivity index is 1.86. The van der Waals surface area contributed by atoms with Gasteiger partial charge in [0.2, 0.25) is 5.91 Å². The van der Waals surface area contributed by atoms with E-state index >= 15 is 0 Å². The van der Waals surface area contributed by atoms with Crippen molar-refractivity contribution in [1.82, 2.24) is 5.32 Å². The van der Waals surface area contributed by atoms with Gasteiger partial charge in [0.1, 0.15) is 0 Å². The SMILES string of the molecule is O=C(O)C1CC1C(=O)NCc1ccccc1Br. The minimum atomic E-state index is -0.883. The van der Waals surface area contributed by atoms with Crippen molar-refractivity contribution in [3.05, 3.63) is 34.3 Å². The number of nitrogens with one attached hydrogen (secondary N) is 1. The average Bonchev–Trinajstić information content (AvgIpc) is 3.07. The van der Waals surface area contributed by atoms with Crippen molar-refractivity contribution in [3.8, 4) is 0 Å². The first kappa shape index (κ1) is 12.1. The third-order valence-electron chi connectivity index (χ3n) is 2.86. The highest BCUT2D eigenvalue weighted by atomic mass is 79.9.